The Balaban J connectivity index is 4.36. The molecular formula is C12H21N3O6. The first-order chi connectivity index (χ1) is 9.81. The van der Waals surface area contributed by atoms with Crippen LogP contribution in [0.25, 0.3) is 0 Å². The van der Waals surface area contributed by atoms with Crippen LogP contribution in [0.1, 0.15) is 19.3 Å². The van der Waals surface area contributed by atoms with Crippen LogP contribution in [-0.2, 0) is 19.1 Å². The van der Waals surface area contributed by atoms with Crippen molar-refractivity contribution in [2.45, 2.75) is 25.3 Å². The Morgan fingerprint density at radius 2 is 1.86 bits per heavy atom. The third-order valence-corrected chi connectivity index (χ3v) is 2.76. The molecule has 0 bridgehead atoms. The number of esters is 1. The van der Waals surface area contributed by atoms with Crippen LogP contribution in [0.15, 0.2) is 0 Å². The van der Waals surface area contributed by atoms with Crippen LogP contribution in [0.3, 0.4) is 0 Å². The number of carboxylic acid groups (broad SMARTS) is 1. The van der Waals surface area contributed by atoms with Gasteiger partial charge in [0, 0.05) is 33.5 Å². The van der Waals surface area contributed by atoms with Crippen LogP contribution in [0.2, 0.25) is 0 Å². The zero-order valence-electron chi connectivity index (χ0n) is 12.3. The number of urea groups is 1. The second kappa shape index (κ2) is 9.56. The molecular weight excluding hydrogens is 282 g/mol. The molecule has 0 fully saturated rings. The van der Waals surface area contributed by atoms with E-state index in [0.717, 1.165) is 0 Å². The molecule has 1 atom stereocenters. The van der Waals surface area contributed by atoms with Crippen molar-refractivity contribution in [3.63, 3.8) is 0 Å². The summed E-state index contributed by atoms with van der Waals surface area (Å²) >= 11 is 0. The second-order valence-electron chi connectivity index (χ2n) is 4.30. The number of carbonyl (C=O) groups excluding carboxylic acids is 3. The fourth-order valence-electron chi connectivity index (χ4n) is 1.38. The Labute approximate surface area is 122 Å². The Hall–Kier alpha value is -2.32. The van der Waals surface area contributed by atoms with E-state index < -0.39 is 24.0 Å². The minimum absolute atomic E-state index is 0.0724. The highest BCUT2D eigenvalue weighted by Crippen LogP contribution is 2.01. The Morgan fingerprint density at radius 1 is 1.24 bits per heavy atom. The van der Waals surface area contributed by atoms with Gasteiger partial charge in [-0.15, -0.1) is 0 Å². The summed E-state index contributed by atoms with van der Waals surface area (Å²) in [5.41, 5.74) is 0. The van der Waals surface area contributed by atoms with Gasteiger partial charge in [-0.1, -0.05) is 0 Å². The third-order valence-electron chi connectivity index (χ3n) is 2.76. The summed E-state index contributed by atoms with van der Waals surface area (Å²) in [6, 6.07) is -1.82. The van der Waals surface area contributed by atoms with Gasteiger partial charge in [-0.05, 0) is 6.42 Å². The lowest BCUT2D eigenvalue weighted by atomic mass is 10.1. The van der Waals surface area contributed by atoms with Gasteiger partial charge in [0.2, 0.25) is 5.91 Å². The average molecular weight is 303 g/mol. The molecule has 0 aliphatic carbocycles. The number of nitrogens with zero attached hydrogens (tertiary/aromatic N) is 1. The van der Waals surface area contributed by atoms with Gasteiger partial charge in [0.1, 0.15) is 6.04 Å². The summed E-state index contributed by atoms with van der Waals surface area (Å²) in [5, 5.41) is 13.7. The number of carbonyl (C=O) groups is 4. The number of amides is 3. The fraction of sp³-hybridized carbons (Fsp3) is 0.667. The maximum Gasteiger partial charge on any atom is 0.326 e. The van der Waals surface area contributed by atoms with E-state index in [1.165, 1.54) is 26.1 Å². The van der Waals surface area contributed by atoms with Gasteiger partial charge in [-0.2, -0.15) is 0 Å². The topological polar surface area (TPSA) is 125 Å². The highest BCUT2D eigenvalue weighted by atomic mass is 16.5. The van der Waals surface area contributed by atoms with E-state index >= 15 is 0 Å². The highest BCUT2D eigenvalue weighted by Gasteiger charge is 2.22. The summed E-state index contributed by atoms with van der Waals surface area (Å²) in [4.78, 5) is 46.0. The molecule has 21 heavy (non-hydrogen) atoms. The minimum Gasteiger partial charge on any atom is -0.480 e. The molecule has 120 valence electrons. The van der Waals surface area contributed by atoms with Gasteiger partial charge in [0.05, 0.1) is 7.11 Å². The van der Waals surface area contributed by atoms with E-state index in [9.17, 15) is 19.2 Å². The normalized spacial score (nSPS) is 11.2. The number of aliphatic carboxylic acids is 1. The SMILES string of the molecule is CNC(=O)CCN(C)C(=O)N[C@@H](CCC(=O)OC)C(=O)O. The molecule has 3 amide bonds. The highest BCUT2D eigenvalue weighted by molar-refractivity contribution is 5.83. The lowest BCUT2D eigenvalue weighted by Gasteiger charge is -2.21. The van der Waals surface area contributed by atoms with Crippen molar-refractivity contribution in [1.82, 2.24) is 15.5 Å². The van der Waals surface area contributed by atoms with Gasteiger partial charge in [-0.25, -0.2) is 9.59 Å². The van der Waals surface area contributed by atoms with Crippen LogP contribution in [0.5, 0.6) is 0 Å². The molecule has 3 N–H and O–H groups in total. The Morgan fingerprint density at radius 3 is 2.33 bits per heavy atom. The number of nitrogens with one attached hydrogen (secondary N) is 2. The average Bonchev–Trinajstić information content (AvgIpc) is 2.47. The van der Waals surface area contributed by atoms with Gasteiger partial charge in [0.25, 0.3) is 0 Å². The van der Waals surface area contributed by atoms with Crippen molar-refractivity contribution in [3.8, 4) is 0 Å². The van der Waals surface area contributed by atoms with E-state index in [0.29, 0.717) is 0 Å². The number of hydrogen-bond donors (Lipinski definition) is 3. The van der Waals surface area contributed by atoms with Crippen molar-refractivity contribution >= 4 is 23.9 Å². The van der Waals surface area contributed by atoms with Crippen molar-refractivity contribution in [2.75, 3.05) is 27.7 Å². The fourth-order valence-corrected chi connectivity index (χ4v) is 1.38. The van der Waals surface area contributed by atoms with Crippen LogP contribution >= 0.6 is 0 Å². The van der Waals surface area contributed by atoms with E-state index in [2.05, 4.69) is 15.4 Å². The maximum absolute atomic E-state index is 11.8. The molecule has 0 aliphatic heterocycles. The second-order valence-corrected chi connectivity index (χ2v) is 4.30. The zero-order valence-corrected chi connectivity index (χ0v) is 12.3. The molecule has 0 spiro atoms. The quantitative estimate of drug-likeness (QED) is 0.503. The monoisotopic (exact) mass is 303 g/mol. The maximum atomic E-state index is 11.8. The predicted octanol–water partition coefficient (Wildman–Crippen LogP) is -0.830. The summed E-state index contributed by atoms with van der Waals surface area (Å²) in [7, 11) is 4.12. The molecule has 9 nitrogen and oxygen atoms in total. The first-order valence-electron chi connectivity index (χ1n) is 6.33. The molecule has 9 heteroatoms. The largest absolute Gasteiger partial charge is 0.480 e. The van der Waals surface area contributed by atoms with Crippen molar-refractivity contribution in [2.24, 2.45) is 0 Å². The molecule has 0 saturated heterocycles. The van der Waals surface area contributed by atoms with Gasteiger partial charge >= 0.3 is 18.0 Å². The number of carboxylic acids is 1. The van der Waals surface area contributed by atoms with Crippen molar-refractivity contribution in [1.29, 1.82) is 0 Å². The van der Waals surface area contributed by atoms with Crippen molar-refractivity contribution < 1.29 is 29.0 Å². The third kappa shape index (κ3) is 7.75. The molecule has 0 saturated carbocycles. The lowest BCUT2D eigenvalue weighted by Crippen LogP contribution is -2.47. The van der Waals surface area contributed by atoms with E-state index in [4.69, 9.17) is 5.11 Å². The van der Waals surface area contributed by atoms with Crippen LogP contribution in [-0.4, -0.2) is 67.7 Å². The Kier molecular flexibility index (Phi) is 8.51. The van der Waals surface area contributed by atoms with E-state index in [-0.39, 0.29) is 31.7 Å². The summed E-state index contributed by atoms with van der Waals surface area (Å²) in [6.07, 6.45) is -0.0763. The standard InChI is InChI=1S/C12H21N3O6/c1-13-9(16)6-7-15(2)12(20)14-8(11(18)19)4-5-10(17)21-3/h8H,4-7H2,1-3H3,(H,13,16)(H,14,20)(H,18,19)/t8-/m0/s1. The van der Waals surface area contributed by atoms with Crippen LogP contribution in [0.4, 0.5) is 4.79 Å². The smallest absolute Gasteiger partial charge is 0.326 e. The molecule has 0 aromatic heterocycles. The van der Waals surface area contributed by atoms with Crippen molar-refractivity contribution in [3.05, 3.63) is 0 Å². The lowest BCUT2D eigenvalue weighted by molar-refractivity contribution is -0.142. The number of rotatable bonds is 8. The van der Waals surface area contributed by atoms with Crippen LogP contribution < -0.4 is 10.6 Å². The first-order valence-corrected chi connectivity index (χ1v) is 6.33. The van der Waals surface area contributed by atoms with Gasteiger partial charge < -0.3 is 25.4 Å². The first kappa shape index (κ1) is 18.7. The summed E-state index contributed by atoms with van der Waals surface area (Å²) in [5.74, 6) is -2.02. The predicted molar refractivity (Wildman–Crippen MR) is 72.5 cm³/mol. The zero-order chi connectivity index (χ0) is 16.4. The van der Waals surface area contributed by atoms with Crippen LogP contribution in [0, 0.1) is 0 Å². The minimum atomic E-state index is -1.24. The molecule has 0 aliphatic rings. The molecule has 0 aromatic carbocycles. The molecule has 0 radical (unpaired) electrons. The summed E-state index contributed by atoms with van der Waals surface area (Å²) < 4.78 is 4.41. The van der Waals surface area contributed by atoms with Gasteiger partial charge in [-0.3, -0.25) is 9.59 Å². The number of methoxy groups -OCH3 is 1. The van der Waals surface area contributed by atoms with E-state index in [1.54, 1.807) is 0 Å². The number of hydrogen-bond acceptors (Lipinski definition) is 5. The van der Waals surface area contributed by atoms with E-state index in [1.807, 2.05) is 0 Å². The van der Waals surface area contributed by atoms with Gasteiger partial charge in [0.15, 0.2) is 0 Å². The summed E-state index contributed by atoms with van der Waals surface area (Å²) in [6.45, 7) is 0.148. The molecule has 0 unspecified atom stereocenters. The molecule has 0 heterocycles. The molecule has 0 rings (SSSR count). The number of ether oxygens (including phenoxy) is 1. The molecule has 0 aromatic rings. The Bertz CT molecular complexity index is 398.